The van der Waals surface area contributed by atoms with Crippen LogP contribution in [0.2, 0.25) is 0 Å². The molecule has 1 aromatic heterocycles. The molecule has 0 amide bonds. The van der Waals surface area contributed by atoms with Crippen molar-refractivity contribution in [1.82, 2.24) is 10.3 Å². The Balaban J connectivity index is 1.81. The van der Waals surface area contributed by atoms with E-state index in [4.69, 9.17) is 6.42 Å². The number of hydrogen-bond donors (Lipinski definition) is 1. The third-order valence-corrected chi connectivity index (χ3v) is 3.65. The van der Waals surface area contributed by atoms with Gasteiger partial charge in [-0.05, 0) is 17.9 Å². The van der Waals surface area contributed by atoms with Crippen molar-refractivity contribution in [3.63, 3.8) is 0 Å². The molecule has 3 rings (SSSR count). The Morgan fingerprint density at radius 2 is 2.06 bits per heavy atom. The number of anilines is 1. The summed E-state index contributed by atoms with van der Waals surface area (Å²) in [6, 6.07) is 2.06. The Kier molecular flexibility index (Phi) is 2.30. The molecule has 0 saturated carbocycles. The Morgan fingerprint density at radius 1 is 1.31 bits per heavy atom. The second-order valence-electron chi connectivity index (χ2n) is 4.66. The van der Waals surface area contributed by atoms with E-state index in [1.807, 2.05) is 6.20 Å². The lowest BCUT2D eigenvalue weighted by atomic mass is 10.0. The number of pyridine rings is 1. The van der Waals surface area contributed by atoms with E-state index in [2.05, 4.69) is 27.2 Å². The second kappa shape index (κ2) is 3.80. The van der Waals surface area contributed by atoms with E-state index in [-0.39, 0.29) is 0 Å². The number of terminal acetylenes is 1. The standard InChI is InChI=1S/C13H15N3/c1-2-10-3-13(7-14-4-10)16-8-11-5-15-6-12(11)9-16/h1,3-4,7,11-12,15H,5-6,8-9H2. The van der Waals surface area contributed by atoms with E-state index in [1.54, 1.807) is 6.20 Å². The number of nitrogens with zero attached hydrogens (tertiary/aromatic N) is 2. The summed E-state index contributed by atoms with van der Waals surface area (Å²) in [6.45, 7) is 4.58. The second-order valence-corrected chi connectivity index (χ2v) is 4.66. The molecule has 3 heteroatoms. The van der Waals surface area contributed by atoms with Gasteiger partial charge in [0.15, 0.2) is 0 Å². The third-order valence-electron chi connectivity index (χ3n) is 3.65. The molecular weight excluding hydrogens is 198 g/mol. The van der Waals surface area contributed by atoms with Gasteiger partial charge in [-0.2, -0.15) is 0 Å². The van der Waals surface area contributed by atoms with Crippen LogP contribution in [0, 0.1) is 24.2 Å². The molecule has 0 bridgehead atoms. The van der Waals surface area contributed by atoms with Crippen molar-refractivity contribution in [3.05, 3.63) is 24.0 Å². The van der Waals surface area contributed by atoms with Crippen LogP contribution < -0.4 is 10.2 Å². The zero-order chi connectivity index (χ0) is 11.0. The minimum absolute atomic E-state index is 0.800. The SMILES string of the molecule is C#Cc1cncc(N2CC3CNCC3C2)c1. The molecule has 0 aliphatic carbocycles. The lowest BCUT2D eigenvalue weighted by molar-refractivity contribution is 0.533. The minimum Gasteiger partial charge on any atom is -0.370 e. The summed E-state index contributed by atoms with van der Waals surface area (Å²) in [4.78, 5) is 6.60. The van der Waals surface area contributed by atoms with E-state index < -0.39 is 0 Å². The first-order valence-electron chi connectivity index (χ1n) is 5.74. The van der Waals surface area contributed by atoms with Gasteiger partial charge in [0.2, 0.25) is 0 Å². The van der Waals surface area contributed by atoms with Gasteiger partial charge in [-0.15, -0.1) is 6.42 Å². The van der Waals surface area contributed by atoms with Crippen LogP contribution in [-0.4, -0.2) is 31.2 Å². The predicted octanol–water partition coefficient (Wildman–Crippen LogP) is 0.718. The summed E-state index contributed by atoms with van der Waals surface area (Å²) in [5.41, 5.74) is 2.04. The fourth-order valence-electron chi connectivity index (χ4n) is 2.75. The highest BCUT2D eigenvalue weighted by atomic mass is 15.2. The smallest absolute Gasteiger partial charge is 0.0565 e. The summed E-state index contributed by atoms with van der Waals surface area (Å²) < 4.78 is 0. The average Bonchev–Trinajstić information content (AvgIpc) is 2.89. The normalized spacial score (nSPS) is 27.8. The van der Waals surface area contributed by atoms with Crippen LogP contribution in [0.1, 0.15) is 5.56 Å². The molecule has 1 N–H and O–H groups in total. The maximum Gasteiger partial charge on any atom is 0.0565 e. The van der Waals surface area contributed by atoms with Gasteiger partial charge in [0.1, 0.15) is 0 Å². The van der Waals surface area contributed by atoms with Gasteiger partial charge in [0.05, 0.1) is 11.9 Å². The lowest BCUT2D eigenvalue weighted by Gasteiger charge is -2.19. The summed E-state index contributed by atoms with van der Waals surface area (Å²) in [6.07, 6.45) is 9.04. The monoisotopic (exact) mass is 213 g/mol. The van der Waals surface area contributed by atoms with E-state index >= 15 is 0 Å². The molecule has 3 nitrogen and oxygen atoms in total. The van der Waals surface area contributed by atoms with Gasteiger partial charge in [0.25, 0.3) is 0 Å². The molecule has 0 spiro atoms. The average molecular weight is 213 g/mol. The van der Waals surface area contributed by atoms with Crippen LogP contribution in [-0.2, 0) is 0 Å². The molecule has 2 saturated heterocycles. The van der Waals surface area contributed by atoms with Crippen molar-refractivity contribution in [3.8, 4) is 12.3 Å². The fraction of sp³-hybridized carbons (Fsp3) is 0.462. The fourth-order valence-corrected chi connectivity index (χ4v) is 2.75. The van der Waals surface area contributed by atoms with Gasteiger partial charge in [-0.25, -0.2) is 0 Å². The molecule has 0 radical (unpaired) electrons. The van der Waals surface area contributed by atoms with E-state index in [9.17, 15) is 0 Å². The van der Waals surface area contributed by atoms with Crippen LogP contribution in [0.15, 0.2) is 18.5 Å². The number of rotatable bonds is 1. The van der Waals surface area contributed by atoms with Crippen molar-refractivity contribution in [2.24, 2.45) is 11.8 Å². The van der Waals surface area contributed by atoms with Gasteiger partial charge < -0.3 is 10.2 Å². The summed E-state index contributed by atoms with van der Waals surface area (Å²) in [5.74, 6) is 4.24. The van der Waals surface area contributed by atoms with Crippen LogP contribution >= 0.6 is 0 Å². The first-order valence-corrected chi connectivity index (χ1v) is 5.74. The van der Waals surface area contributed by atoms with Crippen molar-refractivity contribution < 1.29 is 0 Å². The maximum absolute atomic E-state index is 5.39. The zero-order valence-corrected chi connectivity index (χ0v) is 9.19. The lowest BCUT2D eigenvalue weighted by Crippen LogP contribution is -2.25. The summed E-state index contributed by atoms with van der Waals surface area (Å²) in [7, 11) is 0. The molecule has 0 aromatic carbocycles. The first-order chi connectivity index (χ1) is 7.86. The molecule has 2 aliphatic rings. The third kappa shape index (κ3) is 1.56. The Labute approximate surface area is 95.9 Å². The quantitative estimate of drug-likeness (QED) is 0.697. The highest BCUT2D eigenvalue weighted by Crippen LogP contribution is 2.30. The van der Waals surface area contributed by atoms with Crippen LogP contribution in [0.3, 0.4) is 0 Å². The van der Waals surface area contributed by atoms with Crippen molar-refractivity contribution >= 4 is 5.69 Å². The molecule has 16 heavy (non-hydrogen) atoms. The highest BCUT2D eigenvalue weighted by molar-refractivity contribution is 5.50. The van der Waals surface area contributed by atoms with E-state index in [0.717, 1.165) is 43.6 Å². The Morgan fingerprint density at radius 3 is 2.75 bits per heavy atom. The largest absolute Gasteiger partial charge is 0.370 e. The van der Waals surface area contributed by atoms with Crippen LogP contribution in [0.5, 0.6) is 0 Å². The van der Waals surface area contributed by atoms with Crippen LogP contribution in [0.25, 0.3) is 0 Å². The zero-order valence-electron chi connectivity index (χ0n) is 9.19. The van der Waals surface area contributed by atoms with Crippen LogP contribution in [0.4, 0.5) is 5.69 Å². The van der Waals surface area contributed by atoms with Crippen molar-refractivity contribution in [1.29, 1.82) is 0 Å². The molecule has 2 atom stereocenters. The highest BCUT2D eigenvalue weighted by Gasteiger charge is 2.36. The topological polar surface area (TPSA) is 28.2 Å². The molecule has 3 heterocycles. The summed E-state index contributed by atoms with van der Waals surface area (Å²) >= 11 is 0. The Hall–Kier alpha value is -1.53. The van der Waals surface area contributed by atoms with Gasteiger partial charge in [-0.3, -0.25) is 4.98 Å². The van der Waals surface area contributed by atoms with Gasteiger partial charge in [-0.1, -0.05) is 5.92 Å². The maximum atomic E-state index is 5.39. The number of fused-ring (bicyclic) bond motifs is 1. The number of aromatic nitrogens is 1. The molecule has 2 fully saturated rings. The number of hydrogen-bond acceptors (Lipinski definition) is 3. The molecule has 82 valence electrons. The number of nitrogens with one attached hydrogen (secondary N) is 1. The van der Waals surface area contributed by atoms with Gasteiger partial charge >= 0.3 is 0 Å². The van der Waals surface area contributed by atoms with E-state index in [1.165, 1.54) is 5.69 Å². The minimum atomic E-state index is 0.800. The molecule has 2 aliphatic heterocycles. The van der Waals surface area contributed by atoms with E-state index in [0.29, 0.717) is 0 Å². The predicted molar refractivity (Wildman–Crippen MR) is 64.2 cm³/mol. The van der Waals surface area contributed by atoms with Gasteiger partial charge in [0, 0.05) is 37.9 Å². The molecular formula is C13H15N3. The first kappa shape index (κ1) is 9.68. The molecule has 2 unspecified atom stereocenters. The van der Waals surface area contributed by atoms with Crippen molar-refractivity contribution in [2.45, 2.75) is 0 Å². The Bertz CT molecular complexity index is 423. The summed E-state index contributed by atoms with van der Waals surface area (Å²) in [5, 5.41) is 3.44. The molecule has 1 aromatic rings. The van der Waals surface area contributed by atoms with Crippen molar-refractivity contribution in [2.75, 3.05) is 31.1 Å².